The molecule has 0 radical (unpaired) electrons. The smallest absolute Gasteiger partial charge is 0.307 e. The summed E-state index contributed by atoms with van der Waals surface area (Å²) in [7, 11) is 0. The fourth-order valence-corrected chi connectivity index (χ4v) is 1.83. The first-order valence-corrected chi connectivity index (χ1v) is 5.78. The van der Waals surface area contributed by atoms with E-state index in [0.29, 0.717) is 5.56 Å². The van der Waals surface area contributed by atoms with Gasteiger partial charge in [-0.05, 0) is 23.5 Å². The second-order valence-corrected chi connectivity index (χ2v) is 5.50. The van der Waals surface area contributed by atoms with E-state index in [-0.39, 0.29) is 6.42 Å². The summed E-state index contributed by atoms with van der Waals surface area (Å²) in [6, 6.07) is 3.48. The highest BCUT2D eigenvalue weighted by molar-refractivity contribution is 5.71. The number of nitro benzene ring substituents is 1. The maximum Gasteiger partial charge on any atom is 0.307 e. The molecule has 0 aliphatic rings. The molecule has 0 aromatic heterocycles. The van der Waals surface area contributed by atoms with Crippen LogP contribution in [0.1, 0.15) is 26.3 Å². The highest BCUT2D eigenvalue weighted by Crippen LogP contribution is 2.30. The average molecular weight is 269 g/mol. The number of carboxylic acids is 1. The van der Waals surface area contributed by atoms with E-state index < -0.39 is 33.7 Å². The number of carbonyl (C=O) groups is 1. The summed E-state index contributed by atoms with van der Waals surface area (Å²) in [5.74, 6) is -2.60. The normalized spacial score (nSPS) is 13.1. The number of benzene rings is 1. The first-order chi connectivity index (χ1) is 8.62. The lowest BCUT2D eigenvalue weighted by Gasteiger charge is -2.27. The van der Waals surface area contributed by atoms with E-state index in [0.717, 1.165) is 12.1 Å². The van der Waals surface area contributed by atoms with Crippen LogP contribution in [0.5, 0.6) is 0 Å². The van der Waals surface area contributed by atoms with E-state index in [1.807, 2.05) is 0 Å². The summed E-state index contributed by atoms with van der Waals surface area (Å²) >= 11 is 0. The third-order valence-corrected chi connectivity index (χ3v) is 2.99. The van der Waals surface area contributed by atoms with Crippen LogP contribution in [0.15, 0.2) is 18.2 Å². The number of hydrogen-bond acceptors (Lipinski definition) is 3. The summed E-state index contributed by atoms with van der Waals surface area (Å²) < 4.78 is 13.5. The van der Waals surface area contributed by atoms with Crippen molar-refractivity contribution < 1.29 is 19.2 Å². The zero-order valence-corrected chi connectivity index (χ0v) is 11.0. The SMILES string of the molecule is CC(C)(C)C(Cc1ccc([N+](=O)[O-])c(F)c1)C(=O)O. The highest BCUT2D eigenvalue weighted by atomic mass is 19.1. The lowest BCUT2D eigenvalue weighted by Crippen LogP contribution is -2.30. The van der Waals surface area contributed by atoms with Crippen molar-refractivity contribution in [3.63, 3.8) is 0 Å². The minimum atomic E-state index is -0.966. The van der Waals surface area contributed by atoms with Crippen LogP contribution in [0.2, 0.25) is 0 Å². The van der Waals surface area contributed by atoms with Crippen molar-refractivity contribution in [2.24, 2.45) is 11.3 Å². The van der Waals surface area contributed by atoms with E-state index in [4.69, 9.17) is 0 Å². The van der Waals surface area contributed by atoms with Gasteiger partial charge in [-0.1, -0.05) is 26.8 Å². The Labute approximate surface area is 110 Å². The van der Waals surface area contributed by atoms with Crippen LogP contribution in [0.4, 0.5) is 10.1 Å². The second kappa shape index (κ2) is 5.34. The molecule has 0 spiro atoms. The molecule has 0 bridgehead atoms. The maximum absolute atomic E-state index is 13.5. The van der Waals surface area contributed by atoms with Gasteiger partial charge in [-0.15, -0.1) is 0 Å². The molecule has 1 unspecified atom stereocenters. The Hall–Kier alpha value is -1.98. The van der Waals surface area contributed by atoms with Gasteiger partial charge in [-0.3, -0.25) is 14.9 Å². The fraction of sp³-hybridized carbons (Fsp3) is 0.462. The molecule has 6 heteroatoms. The quantitative estimate of drug-likeness (QED) is 0.673. The van der Waals surface area contributed by atoms with Crippen LogP contribution < -0.4 is 0 Å². The van der Waals surface area contributed by atoms with Crippen molar-refractivity contribution in [3.8, 4) is 0 Å². The van der Waals surface area contributed by atoms with Gasteiger partial charge in [-0.2, -0.15) is 4.39 Å². The Morgan fingerprint density at radius 3 is 2.42 bits per heavy atom. The lowest BCUT2D eigenvalue weighted by atomic mass is 9.77. The predicted molar refractivity (Wildman–Crippen MR) is 67.3 cm³/mol. The zero-order valence-electron chi connectivity index (χ0n) is 11.0. The zero-order chi connectivity index (χ0) is 14.8. The molecule has 1 atom stereocenters. The van der Waals surface area contributed by atoms with E-state index in [2.05, 4.69) is 0 Å². The summed E-state index contributed by atoms with van der Waals surface area (Å²) in [5, 5.41) is 19.7. The Bertz CT molecular complexity index is 508. The monoisotopic (exact) mass is 269 g/mol. The molecule has 1 aromatic carbocycles. The van der Waals surface area contributed by atoms with Gasteiger partial charge in [0.2, 0.25) is 5.82 Å². The molecule has 19 heavy (non-hydrogen) atoms. The van der Waals surface area contributed by atoms with Crippen molar-refractivity contribution in [3.05, 3.63) is 39.7 Å². The molecule has 5 nitrogen and oxygen atoms in total. The fourth-order valence-electron chi connectivity index (χ4n) is 1.83. The molecular formula is C13H16FNO4. The summed E-state index contributed by atoms with van der Waals surface area (Å²) in [6.07, 6.45) is 0.133. The number of halogens is 1. The van der Waals surface area contributed by atoms with Gasteiger partial charge >= 0.3 is 11.7 Å². The van der Waals surface area contributed by atoms with E-state index >= 15 is 0 Å². The number of nitrogens with zero attached hydrogens (tertiary/aromatic N) is 1. The number of nitro groups is 1. The number of hydrogen-bond donors (Lipinski definition) is 1. The second-order valence-electron chi connectivity index (χ2n) is 5.50. The third kappa shape index (κ3) is 3.74. The Morgan fingerprint density at radius 2 is 2.05 bits per heavy atom. The van der Waals surface area contributed by atoms with Gasteiger partial charge in [0.15, 0.2) is 0 Å². The van der Waals surface area contributed by atoms with Crippen LogP contribution in [-0.4, -0.2) is 16.0 Å². The van der Waals surface area contributed by atoms with Gasteiger partial charge in [-0.25, -0.2) is 0 Å². The van der Waals surface area contributed by atoms with E-state index in [1.165, 1.54) is 6.07 Å². The minimum absolute atomic E-state index is 0.133. The standard InChI is InChI=1S/C13H16FNO4/c1-13(2,3)9(12(16)17)6-8-4-5-11(15(18)19)10(14)7-8/h4-5,7,9H,6H2,1-3H3,(H,16,17). The molecule has 1 rings (SSSR count). The molecular weight excluding hydrogens is 253 g/mol. The Kier molecular flexibility index (Phi) is 4.24. The van der Waals surface area contributed by atoms with Crippen LogP contribution >= 0.6 is 0 Å². The van der Waals surface area contributed by atoms with Gasteiger partial charge in [0, 0.05) is 6.07 Å². The summed E-state index contributed by atoms with van der Waals surface area (Å²) in [5.41, 5.74) is -0.652. The van der Waals surface area contributed by atoms with Crippen molar-refractivity contribution in [2.75, 3.05) is 0 Å². The topological polar surface area (TPSA) is 80.4 Å². The largest absolute Gasteiger partial charge is 0.481 e. The van der Waals surface area contributed by atoms with Crippen LogP contribution in [0, 0.1) is 27.3 Å². The van der Waals surface area contributed by atoms with Gasteiger partial charge in [0.1, 0.15) is 0 Å². The van der Waals surface area contributed by atoms with Crippen LogP contribution in [0.3, 0.4) is 0 Å². The van der Waals surface area contributed by atoms with Crippen LogP contribution in [0.25, 0.3) is 0 Å². The number of carboxylic acid groups (broad SMARTS) is 1. The van der Waals surface area contributed by atoms with Crippen molar-refractivity contribution in [2.45, 2.75) is 27.2 Å². The maximum atomic E-state index is 13.5. The van der Waals surface area contributed by atoms with Gasteiger partial charge in [0.25, 0.3) is 0 Å². The molecule has 104 valence electrons. The van der Waals surface area contributed by atoms with E-state index in [9.17, 15) is 24.4 Å². The molecule has 0 amide bonds. The minimum Gasteiger partial charge on any atom is -0.481 e. The molecule has 0 heterocycles. The summed E-state index contributed by atoms with van der Waals surface area (Å²) in [6.45, 7) is 5.36. The number of aliphatic carboxylic acids is 1. The molecule has 0 aliphatic heterocycles. The molecule has 1 aromatic rings. The Balaban J connectivity index is 3.02. The predicted octanol–water partition coefficient (Wildman–Crippen LogP) is 3.02. The summed E-state index contributed by atoms with van der Waals surface area (Å²) in [4.78, 5) is 20.9. The first kappa shape index (κ1) is 15.1. The van der Waals surface area contributed by atoms with Crippen molar-refractivity contribution >= 4 is 11.7 Å². The van der Waals surface area contributed by atoms with Crippen molar-refractivity contribution in [1.82, 2.24) is 0 Å². The molecule has 0 saturated carbocycles. The average Bonchev–Trinajstić information content (AvgIpc) is 2.23. The third-order valence-electron chi connectivity index (χ3n) is 2.99. The first-order valence-electron chi connectivity index (χ1n) is 5.78. The molecule has 1 N–H and O–H groups in total. The molecule has 0 aliphatic carbocycles. The van der Waals surface area contributed by atoms with Crippen molar-refractivity contribution in [1.29, 1.82) is 0 Å². The van der Waals surface area contributed by atoms with E-state index in [1.54, 1.807) is 20.8 Å². The van der Waals surface area contributed by atoms with Crippen LogP contribution in [-0.2, 0) is 11.2 Å². The van der Waals surface area contributed by atoms with Gasteiger partial charge < -0.3 is 5.11 Å². The van der Waals surface area contributed by atoms with Gasteiger partial charge in [0.05, 0.1) is 10.8 Å². The number of rotatable bonds is 4. The highest BCUT2D eigenvalue weighted by Gasteiger charge is 2.31. The molecule has 0 fully saturated rings. The lowest BCUT2D eigenvalue weighted by molar-refractivity contribution is -0.387. The molecule has 0 saturated heterocycles. The Morgan fingerprint density at radius 1 is 1.47 bits per heavy atom.